The fraction of sp³-hybridized carbons (Fsp3) is 0.438. The maximum Gasteiger partial charge on any atom is 0.303 e. The molecule has 4 heteroatoms. The van der Waals surface area contributed by atoms with Gasteiger partial charge in [-0.3, -0.25) is 4.79 Å². The van der Waals surface area contributed by atoms with Crippen LogP contribution < -0.4 is 0 Å². The molecule has 0 saturated heterocycles. The Morgan fingerprint density at radius 3 is 2.75 bits per heavy atom. The summed E-state index contributed by atoms with van der Waals surface area (Å²) < 4.78 is 0. The summed E-state index contributed by atoms with van der Waals surface area (Å²) in [6, 6.07) is 10.2. The molecule has 1 saturated carbocycles. The van der Waals surface area contributed by atoms with Crippen molar-refractivity contribution in [1.82, 2.24) is 0 Å². The number of hydrogen-bond acceptors (Lipinski definition) is 3. The summed E-state index contributed by atoms with van der Waals surface area (Å²) in [6.45, 7) is 0. The van der Waals surface area contributed by atoms with E-state index in [1.165, 1.54) is 5.56 Å². The lowest BCUT2D eigenvalue weighted by Crippen LogP contribution is -2.21. The van der Waals surface area contributed by atoms with Crippen LogP contribution in [0.25, 0.3) is 0 Å². The monoisotopic (exact) mass is 292 g/mol. The number of allylic oxidation sites excluding steroid dienone is 1. The smallest absolute Gasteiger partial charge is 0.303 e. The molecule has 0 amide bonds. The Bertz CT molecular complexity index is 458. The van der Waals surface area contributed by atoms with Crippen LogP contribution in [-0.4, -0.2) is 22.3 Å². The van der Waals surface area contributed by atoms with Gasteiger partial charge in [-0.1, -0.05) is 36.4 Å². The summed E-state index contributed by atoms with van der Waals surface area (Å²) in [5.74, 6) is 0.132. The molecular formula is C16H20O3S. The van der Waals surface area contributed by atoms with Gasteiger partial charge in [-0.2, -0.15) is 0 Å². The zero-order valence-corrected chi connectivity index (χ0v) is 12.1. The van der Waals surface area contributed by atoms with Gasteiger partial charge in [0, 0.05) is 11.7 Å². The summed E-state index contributed by atoms with van der Waals surface area (Å²) in [7, 11) is 0. The summed E-state index contributed by atoms with van der Waals surface area (Å²) in [5.41, 5.74) is 1.27. The number of thioether (sulfide) groups is 1. The molecule has 1 aliphatic carbocycles. The molecule has 1 aliphatic rings. The second kappa shape index (κ2) is 7.50. The van der Waals surface area contributed by atoms with E-state index < -0.39 is 12.1 Å². The van der Waals surface area contributed by atoms with E-state index in [1.807, 2.05) is 23.6 Å². The van der Waals surface area contributed by atoms with Gasteiger partial charge in [0.2, 0.25) is 0 Å². The standard InChI is InChI=1S/C16H20O3S/c17-15-7-6-13(14(15)10-16(18)19)8-9-20-11-12-4-2-1-3-5-12/h1-5,8-9,13-15,17H,6-7,10-11H2,(H,18,19). The summed E-state index contributed by atoms with van der Waals surface area (Å²) in [4.78, 5) is 10.8. The van der Waals surface area contributed by atoms with Crippen molar-refractivity contribution < 1.29 is 15.0 Å². The Balaban J connectivity index is 1.82. The molecule has 0 aromatic heterocycles. The number of carbonyl (C=O) groups is 1. The fourth-order valence-corrected chi connectivity index (χ4v) is 3.47. The van der Waals surface area contributed by atoms with Crippen molar-refractivity contribution in [3.05, 3.63) is 47.4 Å². The number of carboxylic acids is 1. The minimum Gasteiger partial charge on any atom is -0.481 e. The third kappa shape index (κ3) is 4.39. The van der Waals surface area contributed by atoms with Crippen molar-refractivity contribution in [2.45, 2.75) is 31.1 Å². The molecule has 2 rings (SSSR count). The first kappa shape index (κ1) is 15.1. The zero-order chi connectivity index (χ0) is 14.4. The van der Waals surface area contributed by atoms with Gasteiger partial charge in [-0.05, 0) is 29.7 Å². The van der Waals surface area contributed by atoms with Crippen LogP contribution in [0.1, 0.15) is 24.8 Å². The van der Waals surface area contributed by atoms with E-state index in [0.29, 0.717) is 6.42 Å². The van der Waals surface area contributed by atoms with Gasteiger partial charge < -0.3 is 10.2 Å². The van der Waals surface area contributed by atoms with Crippen molar-refractivity contribution >= 4 is 17.7 Å². The fourth-order valence-electron chi connectivity index (χ4n) is 2.68. The highest BCUT2D eigenvalue weighted by molar-refractivity contribution is 8.01. The first-order valence-electron chi connectivity index (χ1n) is 6.89. The van der Waals surface area contributed by atoms with Crippen LogP contribution in [0.2, 0.25) is 0 Å². The Kier molecular flexibility index (Phi) is 5.68. The molecule has 0 spiro atoms. The van der Waals surface area contributed by atoms with Crippen molar-refractivity contribution in [1.29, 1.82) is 0 Å². The number of benzene rings is 1. The van der Waals surface area contributed by atoms with Crippen molar-refractivity contribution in [3.8, 4) is 0 Å². The number of hydrogen-bond donors (Lipinski definition) is 2. The van der Waals surface area contributed by atoms with Crippen LogP contribution in [0.5, 0.6) is 0 Å². The maximum absolute atomic E-state index is 10.8. The van der Waals surface area contributed by atoms with Crippen LogP contribution in [-0.2, 0) is 10.5 Å². The number of aliphatic hydroxyl groups excluding tert-OH is 1. The highest BCUT2D eigenvalue weighted by atomic mass is 32.2. The average Bonchev–Trinajstić information content (AvgIpc) is 2.77. The Hall–Kier alpha value is -1.26. The molecule has 108 valence electrons. The Morgan fingerprint density at radius 1 is 1.30 bits per heavy atom. The zero-order valence-electron chi connectivity index (χ0n) is 11.3. The molecular weight excluding hydrogens is 272 g/mol. The average molecular weight is 292 g/mol. The molecule has 3 atom stereocenters. The van der Waals surface area contributed by atoms with Crippen LogP contribution >= 0.6 is 11.8 Å². The maximum atomic E-state index is 10.8. The lowest BCUT2D eigenvalue weighted by atomic mass is 9.92. The Labute approximate surface area is 123 Å². The molecule has 1 fully saturated rings. The molecule has 3 nitrogen and oxygen atoms in total. The van der Waals surface area contributed by atoms with E-state index in [0.717, 1.165) is 12.2 Å². The summed E-state index contributed by atoms with van der Waals surface area (Å²) in [6.07, 6.45) is 3.23. The van der Waals surface area contributed by atoms with E-state index >= 15 is 0 Å². The number of aliphatic carboxylic acids is 1. The molecule has 1 aromatic rings. The SMILES string of the molecule is O=C(O)CC1C(O)CCC1C=CSCc1ccccc1. The van der Waals surface area contributed by atoms with E-state index in [9.17, 15) is 9.90 Å². The minimum atomic E-state index is -0.828. The van der Waals surface area contributed by atoms with E-state index in [4.69, 9.17) is 5.11 Å². The van der Waals surface area contributed by atoms with Gasteiger partial charge in [0.15, 0.2) is 0 Å². The number of rotatable bonds is 6. The van der Waals surface area contributed by atoms with E-state index in [2.05, 4.69) is 18.2 Å². The van der Waals surface area contributed by atoms with E-state index in [-0.39, 0.29) is 18.3 Å². The molecule has 1 aromatic carbocycles. The topological polar surface area (TPSA) is 57.5 Å². The van der Waals surface area contributed by atoms with Crippen LogP contribution in [0, 0.1) is 11.8 Å². The van der Waals surface area contributed by atoms with Crippen LogP contribution in [0.15, 0.2) is 41.8 Å². The third-order valence-corrected chi connectivity index (χ3v) is 4.61. The molecule has 0 aliphatic heterocycles. The van der Waals surface area contributed by atoms with Gasteiger partial charge in [0.05, 0.1) is 12.5 Å². The molecule has 2 N–H and O–H groups in total. The van der Waals surface area contributed by atoms with Crippen molar-refractivity contribution in [2.75, 3.05) is 0 Å². The third-order valence-electron chi connectivity index (χ3n) is 3.77. The number of aliphatic hydroxyl groups is 1. The predicted molar refractivity (Wildman–Crippen MR) is 81.4 cm³/mol. The van der Waals surface area contributed by atoms with Gasteiger partial charge in [0.1, 0.15) is 0 Å². The number of carboxylic acid groups (broad SMARTS) is 1. The lowest BCUT2D eigenvalue weighted by Gasteiger charge is -2.17. The van der Waals surface area contributed by atoms with Crippen molar-refractivity contribution in [3.63, 3.8) is 0 Å². The first-order valence-corrected chi connectivity index (χ1v) is 7.93. The van der Waals surface area contributed by atoms with Crippen molar-refractivity contribution in [2.24, 2.45) is 11.8 Å². The quantitative estimate of drug-likeness (QED) is 0.844. The minimum absolute atomic E-state index is 0.0551. The van der Waals surface area contributed by atoms with Crippen LogP contribution in [0.3, 0.4) is 0 Å². The van der Waals surface area contributed by atoms with Gasteiger partial charge >= 0.3 is 5.97 Å². The second-order valence-electron chi connectivity index (χ2n) is 5.20. The molecule has 0 radical (unpaired) electrons. The molecule has 20 heavy (non-hydrogen) atoms. The lowest BCUT2D eigenvalue weighted by molar-refractivity contribution is -0.139. The molecule has 0 heterocycles. The second-order valence-corrected chi connectivity index (χ2v) is 6.09. The highest BCUT2D eigenvalue weighted by Crippen LogP contribution is 2.36. The van der Waals surface area contributed by atoms with E-state index in [1.54, 1.807) is 11.8 Å². The summed E-state index contributed by atoms with van der Waals surface area (Å²) >= 11 is 1.71. The van der Waals surface area contributed by atoms with Gasteiger partial charge in [0.25, 0.3) is 0 Å². The van der Waals surface area contributed by atoms with Gasteiger partial charge in [-0.25, -0.2) is 0 Å². The largest absolute Gasteiger partial charge is 0.481 e. The van der Waals surface area contributed by atoms with Crippen LogP contribution in [0.4, 0.5) is 0 Å². The van der Waals surface area contributed by atoms with Gasteiger partial charge in [-0.15, -0.1) is 11.8 Å². The molecule has 0 bridgehead atoms. The first-order chi connectivity index (χ1) is 9.66. The predicted octanol–water partition coefficient (Wildman–Crippen LogP) is 3.30. The summed E-state index contributed by atoms with van der Waals surface area (Å²) in [5, 5.41) is 20.8. The molecule has 3 unspecified atom stereocenters. The highest BCUT2D eigenvalue weighted by Gasteiger charge is 2.34. The Morgan fingerprint density at radius 2 is 2.05 bits per heavy atom. The normalized spacial score (nSPS) is 26.1.